The average Bonchev–Trinajstić information content (AvgIpc) is 3.39. The number of H-pyrrole nitrogens is 1. The zero-order valence-electron chi connectivity index (χ0n) is 18.9. The van der Waals surface area contributed by atoms with Crippen LogP contribution in [0.15, 0.2) is 96.1 Å². The molecule has 5 rings (SSSR count). The van der Waals surface area contributed by atoms with Gasteiger partial charge in [0.2, 0.25) is 0 Å². The number of halogens is 2. The first-order valence-electron chi connectivity index (χ1n) is 11.1. The van der Waals surface area contributed by atoms with Crippen LogP contribution in [0.3, 0.4) is 0 Å². The Morgan fingerprint density at radius 2 is 1.78 bits per heavy atom. The summed E-state index contributed by atoms with van der Waals surface area (Å²) in [6.45, 7) is 0.401. The van der Waals surface area contributed by atoms with Gasteiger partial charge in [0, 0.05) is 16.1 Å². The van der Waals surface area contributed by atoms with Gasteiger partial charge in [-0.3, -0.25) is 9.89 Å². The largest absolute Gasteiger partial charge is 0.488 e. The van der Waals surface area contributed by atoms with Crippen molar-refractivity contribution in [1.29, 1.82) is 0 Å². The molecule has 0 saturated carbocycles. The number of aromatic nitrogens is 2. The number of nitrogens with zero attached hydrogens (tertiary/aromatic N) is 2. The number of aromatic amines is 1. The van der Waals surface area contributed by atoms with Gasteiger partial charge in [-0.05, 0) is 46.7 Å². The molecule has 36 heavy (non-hydrogen) atoms. The topological polar surface area (TPSA) is 79.4 Å². The molecular weight excluding hydrogens is 495 g/mol. The highest BCUT2D eigenvalue weighted by Gasteiger charge is 2.14. The minimum atomic E-state index is -0.441. The van der Waals surface area contributed by atoms with Crippen LogP contribution in [0.4, 0.5) is 0 Å². The quantitative estimate of drug-likeness (QED) is 0.183. The van der Waals surface area contributed by atoms with Gasteiger partial charge < -0.3 is 4.74 Å². The summed E-state index contributed by atoms with van der Waals surface area (Å²) in [5, 5.41) is 14.3. The summed E-state index contributed by atoms with van der Waals surface area (Å²) < 4.78 is 6.19. The standard InChI is InChI=1S/C28H20Cl2N4O2/c29-21-13-12-19(24(30)14-21)16-31-34-28(35)26-15-25(32-33-26)23-10-3-4-11-27(23)36-17-20-8-5-7-18-6-1-2-9-22(18)20/h1-16H,17H2,(H,32,33)(H,34,35). The predicted molar refractivity (Wildman–Crippen MR) is 144 cm³/mol. The van der Waals surface area contributed by atoms with Crippen LogP contribution in [0.25, 0.3) is 22.0 Å². The first-order valence-corrected chi connectivity index (χ1v) is 11.9. The molecule has 0 aliphatic rings. The summed E-state index contributed by atoms with van der Waals surface area (Å²) >= 11 is 12.0. The van der Waals surface area contributed by atoms with Crippen LogP contribution >= 0.6 is 23.2 Å². The van der Waals surface area contributed by atoms with E-state index >= 15 is 0 Å². The number of hydrogen-bond donors (Lipinski definition) is 2. The van der Waals surface area contributed by atoms with Gasteiger partial charge in [0.25, 0.3) is 5.91 Å². The molecule has 0 saturated heterocycles. The Labute approximate surface area is 217 Å². The number of hydrogen-bond acceptors (Lipinski definition) is 4. The SMILES string of the molecule is O=C(NN=Cc1ccc(Cl)cc1Cl)c1cc(-c2ccccc2OCc2cccc3ccccc23)n[nH]1. The monoisotopic (exact) mass is 514 g/mol. The number of ether oxygens (including phenoxy) is 1. The molecule has 4 aromatic carbocycles. The van der Waals surface area contributed by atoms with Gasteiger partial charge in [-0.25, -0.2) is 5.43 Å². The first-order chi connectivity index (χ1) is 17.6. The number of rotatable bonds is 7. The molecule has 0 aliphatic heterocycles. The van der Waals surface area contributed by atoms with Gasteiger partial charge >= 0.3 is 0 Å². The van der Waals surface area contributed by atoms with E-state index in [2.05, 4.69) is 45.0 Å². The summed E-state index contributed by atoms with van der Waals surface area (Å²) in [5.74, 6) is 0.225. The van der Waals surface area contributed by atoms with E-state index in [1.54, 1.807) is 24.3 Å². The van der Waals surface area contributed by atoms with Crippen molar-refractivity contribution in [1.82, 2.24) is 15.6 Å². The lowest BCUT2D eigenvalue weighted by Crippen LogP contribution is -2.18. The van der Waals surface area contributed by atoms with Crippen molar-refractivity contribution < 1.29 is 9.53 Å². The normalized spacial score (nSPS) is 11.2. The molecule has 0 atom stereocenters. The Hall–Kier alpha value is -4.13. The molecule has 1 heterocycles. The Morgan fingerprint density at radius 1 is 0.972 bits per heavy atom. The number of carbonyl (C=O) groups is 1. The molecular formula is C28H20Cl2N4O2. The lowest BCUT2D eigenvalue weighted by atomic mass is 10.1. The van der Waals surface area contributed by atoms with Crippen molar-refractivity contribution in [2.45, 2.75) is 6.61 Å². The van der Waals surface area contributed by atoms with Gasteiger partial charge in [0.15, 0.2) is 0 Å². The fourth-order valence-electron chi connectivity index (χ4n) is 3.78. The maximum Gasteiger partial charge on any atom is 0.289 e. The van der Waals surface area contributed by atoms with E-state index < -0.39 is 5.91 Å². The number of nitrogens with one attached hydrogen (secondary N) is 2. The zero-order valence-corrected chi connectivity index (χ0v) is 20.4. The zero-order chi connectivity index (χ0) is 24.9. The van der Waals surface area contributed by atoms with E-state index in [-0.39, 0.29) is 5.69 Å². The third-order valence-electron chi connectivity index (χ3n) is 5.58. The highest BCUT2D eigenvalue weighted by Crippen LogP contribution is 2.30. The summed E-state index contributed by atoms with van der Waals surface area (Å²) in [5.41, 5.74) is 5.79. The molecule has 8 heteroatoms. The van der Waals surface area contributed by atoms with Crippen molar-refractivity contribution in [3.8, 4) is 17.0 Å². The van der Waals surface area contributed by atoms with Crippen molar-refractivity contribution in [3.05, 3.63) is 118 Å². The molecule has 0 bridgehead atoms. The summed E-state index contributed by atoms with van der Waals surface area (Å²) in [6, 6.07) is 28.6. The predicted octanol–water partition coefficient (Wildman–Crippen LogP) is 6.88. The molecule has 0 spiro atoms. The highest BCUT2D eigenvalue weighted by atomic mass is 35.5. The second-order valence-corrected chi connectivity index (χ2v) is 8.80. The van der Waals surface area contributed by atoms with E-state index in [1.807, 2.05) is 42.5 Å². The van der Waals surface area contributed by atoms with Crippen LogP contribution in [0, 0.1) is 0 Å². The van der Waals surface area contributed by atoms with E-state index in [9.17, 15) is 4.79 Å². The van der Waals surface area contributed by atoms with E-state index in [0.717, 1.165) is 21.9 Å². The number of benzene rings is 4. The third-order valence-corrected chi connectivity index (χ3v) is 6.14. The molecule has 1 amide bonds. The lowest BCUT2D eigenvalue weighted by Gasteiger charge is -2.12. The Balaban J connectivity index is 1.29. The van der Waals surface area contributed by atoms with Crippen molar-refractivity contribution in [2.24, 2.45) is 5.10 Å². The summed E-state index contributed by atoms with van der Waals surface area (Å²) in [6.07, 6.45) is 1.45. The van der Waals surface area contributed by atoms with Crippen molar-refractivity contribution in [3.63, 3.8) is 0 Å². The minimum absolute atomic E-state index is 0.258. The second-order valence-electron chi connectivity index (χ2n) is 7.95. The fraction of sp³-hybridized carbons (Fsp3) is 0.0357. The van der Waals surface area contributed by atoms with Gasteiger partial charge in [0.1, 0.15) is 18.1 Å². The molecule has 6 nitrogen and oxygen atoms in total. The number of para-hydroxylation sites is 1. The maximum atomic E-state index is 12.6. The van der Waals surface area contributed by atoms with Crippen molar-refractivity contribution in [2.75, 3.05) is 0 Å². The molecule has 5 aromatic rings. The smallest absolute Gasteiger partial charge is 0.289 e. The summed E-state index contributed by atoms with van der Waals surface area (Å²) in [7, 11) is 0. The lowest BCUT2D eigenvalue weighted by molar-refractivity contribution is 0.0950. The van der Waals surface area contributed by atoms with E-state index in [4.69, 9.17) is 27.9 Å². The molecule has 0 radical (unpaired) electrons. The van der Waals surface area contributed by atoms with Gasteiger partial charge in [-0.2, -0.15) is 10.2 Å². The Bertz CT molecular complexity index is 1570. The van der Waals surface area contributed by atoms with Gasteiger partial charge in [-0.15, -0.1) is 0 Å². The molecule has 0 aliphatic carbocycles. The van der Waals surface area contributed by atoms with Crippen LogP contribution in [-0.4, -0.2) is 22.3 Å². The van der Waals surface area contributed by atoms with Crippen LogP contribution in [0.2, 0.25) is 10.0 Å². The first kappa shape index (κ1) is 23.6. The van der Waals surface area contributed by atoms with E-state index in [0.29, 0.717) is 33.7 Å². The van der Waals surface area contributed by atoms with Crippen LogP contribution in [0.5, 0.6) is 5.75 Å². The molecule has 0 unspecified atom stereocenters. The van der Waals surface area contributed by atoms with Crippen LogP contribution in [0.1, 0.15) is 21.6 Å². The molecule has 1 aromatic heterocycles. The minimum Gasteiger partial charge on any atom is -0.488 e. The molecule has 178 valence electrons. The van der Waals surface area contributed by atoms with Gasteiger partial charge in [0.05, 0.1) is 16.9 Å². The second kappa shape index (κ2) is 10.6. The number of amides is 1. The third kappa shape index (κ3) is 5.25. The number of hydrazone groups is 1. The number of fused-ring (bicyclic) bond motifs is 1. The molecule has 2 N–H and O–H groups in total. The van der Waals surface area contributed by atoms with Crippen molar-refractivity contribution >= 4 is 46.1 Å². The van der Waals surface area contributed by atoms with Gasteiger partial charge in [-0.1, -0.05) is 83.9 Å². The average molecular weight is 515 g/mol. The summed E-state index contributed by atoms with van der Waals surface area (Å²) in [4.78, 5) is 12.6. The highest BCUT2D eigenvalue weighted by molar-refractivity contribution is 6.36. The Morgan fingerprint density at radius 3 is 2.67 bits per heavy atom. The Kier molecular flexibility index (Phi) is 6.98. The van der Waals surface area contributed by atoms with Crippen LogP contribution < -0.4 is 10.2 Å². The molecule has 0 fully saturated rings. The van der Waals surface area contributed by atoms with E-state index in [1.165, 1.54) is 6.21 Å². The maximum absolute atomic E-state index is 12.6. The van der Waals surface area contributed by atoms with Crippen LogP contribution in [-0.2, 0) is 6.61 Å². The fourth-order valence-corrected chi connectivity index (χ4v) is 4.24. The number of carbonyl (C=O) groups excluding carboxylic acids is 1.